The van der Waals surface area contributed by atoms with E-state index in [0.29, 0.717) is 40.1 Å². The number of carbonyl (C=O) groups is 1. The highest BCUT2D eigenvalue weighted by molar-refractivity contribution is 6.02. The monoisotopic (exact) mass is 466 g/mol. The van der Waals surface area contributed by atoms with E-state index in [1.807, 2.05) is 12.1 Å². The van der Waals surface area contributed by atoms with Gasteiger partial charge < -0.3 is 14.2 Å². The molecule has 5 nitrogen and oxygen atoms in total. The van der Waals surface area contributed by atoms with Gasteiger partial charge in [0.05, 0.1) is 0 Å². The van der Waals surface area contributed by atoms with E-state index in [9.17, 15) is 9.18 Å². The number of halogens is 1. The van der Waals surface area contributed by atoms with Crippen molar-refractivity contribution in [2.75, 3.05) is 5.32 Å². The Morgan fingerprint density at radius 2 is 1.66 bits per heavy atom. The van der Waals surface area contributed by atoms with Gasteiger partial charge in [-0.05, 0) is 84.3 Å². The molecule has 0 aliphatic carbocycles. The molecular weight excluding hydrogens is 443 g/mol. The third-order valence-corrected chi connectivity index (χ3v) is 5.63. The smallest absolute Gasteiger partial charge is 0.248 e. The zero-order valence-electron chi connectivity index (χ0n) is 19.3. The van der Waals surface area contributed by atoms with Gasteiger partial charge in [0.1, 0.15) is 22.9 Å². The Morgan fingerprint density at radius 3 is 2.40 bits per heavy atom. The van der Waals surface area contributed by atoms with Crippen LogP contribution in [-0.4, -0.2) is 10.9 Å². The summed E-state index contributed by atoms with van der Waals surface area (Å²) in [6.45, 7) is 4.30. The van der Waals surface area contributed by atoms with Crippen molar-refractivity contribution in [3.63, 3.8) is 0 Å². The van der Waals surface area contributed by atoms with Crippen LogP contribution in [0.1, 0.15) is 31.1 Å². The van der Waals surface area contributed by atoms with Gasteiger partial charge in [0, 0.05) is 22.9 Å². The van der Waals surface area contributed by atoms with Crippen molar-refractivity contribution in [1.82, 2.24) is 4.98 Å². The Kier molecular flexibility index (Phi) is 6.02. The molecule has 1 N–H and O–H groups in total. The Balaban J connectivity index is 1.26. The van der Waals surface area contributed by atoms with Crippen LogP contribution in [0.25, 0.3) is 40.0 Å². The number of nitrogens with zero attached hydrogens (tertiary/aromatic N) is 1. The maximum Gasteiger partial charge on any atom is 0.248 e. The number of amides is 1. The number of carbonyl (C=O) groups excluding carboxylic acids is 1. The van der Waals surface area contributed by atoms with Crippen molar-refractivity contribution in [2.24, 2.45) is 0 Å². The van der Waals surface area contributed by atoms with Crippen LogP contribution in [-0.2, 0) is 4.79 Å². The van der Waals surface area contributed by atoms with E-state index >= 15 is 0 Å². The minimum absolute atomic E-state index is 0.308. The first kappa shape index (κ1) is 22.3. The van der Waals surface area contributed by atoms with Gasteiger partial charge in [-0.1, -0.05) is 26.0 Å². The van der Waals surface area contributed by atoms with Crippen LogP contribution in [0.3, 0.4) is 0 Å². The van der Waals surface area contributed by atoms with Crippen molar-refractivity contribution in [3.8, 4) is 22.8 Å². The number of oxazole rings is 1. The molecule has 0 radical (unpaired) electrons. The third kappa shape index (κ3) is 5.06. The molecule has 35 heavy (non-hydrogen) atoms. The molecule has 0 saturated carbocycles. The number of nitrogens with one attached hydrogen (secondary N) is 1. The minimum Gasteiger partial charge on any atom is -0.457 e. The molecular formula is C29H23FN2O3. The highest BCUT2D eigenvalue weighted by Gasteiger charge is 2.10. The lowest BCUT2D eigenvalue weighted by molar-refractivity contribution is -0.111. The van der Waals surface area contributed by atoms with Gasteiger partial charge in [-0.15, -0.1) is 0 Å². The Morgan fingerprint density at radius 1 is 0.914 bits per heavy atom. The molecule has 0 aliphatic rings. The zero-order chi connectivity index (χ0) is 24.4. The number of aromatic nitrogens is 1. The Bertz CT molecular complexity index is 1510. The van der Waals surface area contributed by atoms with Crippen molar-refractivity contribution in [1.29, 1.82) is 0 Å². The molecule has 0 saturated heterocycles. The van der Waals surface area contributed by atoms with Crippen LogP contribution in [0.4, 0.5) is 10.1 Å². The van der Waals surface area contributed by atoms with Crippen molar-refractivity contribution in [3.05, 3.63) is 102 Å². The van der Waals surface area contributed by atoms with Gasteiger partial charge in [0.2, 0.25) is 11.8 Å². The van der Waals surface area contributed by atoms with Crippen LogP contribution < -0.4 is 5.32 Å². The summed E-state index contributed by atoms with van der Waals surface area (Å²) in [6.07, 6.45) is 2.97. The number of fused-ring (bicyclic) bond motifs is 1. The van der Waals surface area contributed by atoms with Crippen molar-refractivity contribution >= 4 is 28.8 Å². The van der Waals surface area contributed by atoms with E-state index in [0.717, 1.165) is 11.1 Å². The second kappa shape index (κ2) is 9.43. The van der Waals surface area contributed by atoms with E-state index in [2.05, 4.69) is 36.3 Å². The molecule has 5 aromatic rings. The molecule has 3 aromatic carbocycles. The first-order chi connectivity index (χ1) is 16.9. The maximum atomic E-state index is 13.1. The normalized spacial score (nSPS) is 11.5. The van der Waals surface area contributed by atoms with Gasteiger partial charge >= 0.3 is 0 Å². The fourth-order valence-corrected chi connectivity index (χ4v) is 3.69. The first-order valence-corrected chi connectivity index (χ1v) is 11.3. The molecule has 0 atom stereocenters. The minimum atomic E-state index is -0.308. The molecule has 1 amide bonds. The summed E-state index contributed by atoms with van der Waals surface area (Å²) in [4.78, 5) is 17.0. The number of hydrogen-bond donors (Lipinski definition) is 1. The quantitative estimate of drug-likeness (QED) is 0.261. The van der Waals surface area contributed by atoms with Crippen LogP contribution in [0.15, 0.2) is 93.8 Å². The van der Waals surface area contributed by atoms with E-state index in [1.54, 1.807) is 48.5 Å². The van der Waals surface area contributed by atoms with Crippen LogP contribution in [0, 0.1) is 5.82 Å². The fourth-order valence-electron chi connectivity index (χ4n) is 3.69. The molecule has 0 bridgehead atoms. The van der Waals surface area contributed by atoms with Gasteiger partial charge in [-0.2, -0.15) is 0 Å². The molecule has 0 unspecified atom stereocenters. The SMILES string of the molecule is CC(C)c1ccc(-c2nc3cc(NC(=O)/C=C/c4ccc(-c5ccc(F)cc5)o4)ccc3o2)cc1. The molecule has 0 spiro atoms. The van der Waals surface area contributed by atoms with E-state index in [-0.39, 0.29) is 11.7 Å². The molecule has 5 rings (SSSR count). The largest absolute Gasteiger partial charge is 0.457 e. The summed E-state index contributed by atoms with van der Waals surface area (Å²) < 4.78 is 24.7. The molecule has 0 aliphatic heterocycles. The molecule has 6 heteroatoms. The van der Waals surface area contributed by atoms with Crippen molar-refractivity contribution in [2.45, 2.75) is 19.8 Å². The Labute approximate surface area is 201 Å². The second-order valence-electron chi connectivity index (χ2n) is 8.51. The topological polar surface area (TPSA) is 68.3 Å². The number of anilines is 1. The summed E-state index contributed by atoms with van der Waals surface area (Å²) in [6, 6.07) is 23.0. The molecule has 0 fully saturated rings. The highest BCUT2D eigenvalue weighted by Crippen LogP contribution is 2.28. The number of rotatable bonds is 6. The second-order valence-corrected chi connectivity index (χ2v) is 8.51. The van der Waals surface area contributed by atoms with Crippen LogP contribution in [0.2, 0.25) is 0 Å². The lowest BCUT2D eigenvalue weighted by Crippen LogP contribution is -2.07. The molecule has 2 heterocycles. The van der Waals surface area contributed by atoms with Gasteiger partial charge in [-0.25, -0.2) is 9.37 Å². The van der Waals surface area contributed by atoms with Crippen LogP contribution in [0.5, 0.6) is 0 Å². The van der Waals surface area contributed by atoms with Gasteiger partial charge in [0.15, 0.2) is 5.58 Å². The summed E-state index contributed by atoms with van der Waals surface area (Å²) in [5.41, 5.74) is 4.82. The average molecular weight is 467 g/mol. The Hall–Kier alpha value is -4.45. The summed E-state index contributed by atoms with van der Waals surface area (Å²) in [7, 11) is 0. The fraction of sp³-hybridized carbons (Fsp3) is 0.103. The first-order valence-electron chi connectivity index (χ1n) is 11.3. The van der Waals surface area contributed by atoms with E-state index in [1.165, 1.54) is 23.8 Å². The van der Waals surface area contributed by atoms with Crippen molar-refractivity contribution < 1.29 is 18.0 Å². The predicted octanol–water partition coefficient (Wildman–Crippen LogP) is 7.67. The number of hydrogen-bond acceptors (Lipinski definition) is 4. The number of benzene rings is 3. The summed E-state index contributed by atoms with van der Waals surface area (Å²) in [5.74, 6) is 1.48. The number of furan rings is 1. The molecule has 2 aromatic heterocycles. The average Bonchev–Trinajstić information content (AvgIpc) is 3.50. The lowest BCUT2D eigenvalue weighted by atomic mass is 10.0. The summed E-state index contributed by atoms with van der Waals surface area (Å²) in [5, 5.41) is 2.83. The lowest BCUT2D eigenvalue weighted by Gasteiger charge is -2.04. The predicted molar refractivity (Wildman–Crippen MR) is 135 cm³/mol. The van der Waals surface area contributed by atoms with E-state index in [4.69, 9.17) is 8.83 Å². The highest BCUT2D eigenvalue weighted by atomic mass is 19.1. The van der Waals surface area contributed by atoms with Crippen LogP contribution >= 0.6 is 0 Å². The zero-order valence-corrected chi connectivity index (χ0v) is 19.3. The van der Waals surface area contributed by atoms with E-state index < -0.39 is 0 Å². The van der Waals surface area contributed by atoms with Gasteiger partial charge in [0.25, 0.3) is 0 Å². The third-order valence-electron chi connectivity index (χ3n) is 5.63. The molecule has 174 valence electrons. The van der Waals surface area contributed by atoms with Gasteiger partial charge in [-0.3, -0.25) is 4.79 Å². The standard InChI is InChI=1S/C29H23FN2O3/c1-18(2)19-3-5-21(6-4-19)29-32-25-17-23(11-14-27(25)35-29)31-28(33)16-13-24-12-15-26(34-24)20-7-9-22(30)10-8-20/h3-18H,1-2H3,(H,31,33)/b16-13+. The maximum absolute atomic E-state index is 13.1. The summed E-state index contributed by atoms with van der Waals surface area (Å²) >= 11 is 0.